The van der Waals surface area contributed by atoms with Gasteiger partial charge in [-0.25, -0.2) is 0 Å². The van der Waals surface area contributed by atoms with Crippen molar-refractivity contribution in [1.82, 2.24) is 5.32 Å². The SMILES string of the molecule is COc1ccccc1CNC(=O)C1(C(=O)O)COC1. The first-order chi connectivity index (χ1) is 9.10. The molecule has 2 rings (SSSR count). The number of carboxylic acid groups (broad SMARTS) is 1. The topological polar surface area (TPSA) is 84.9 Å². The third-order valence-electron chi connectivity index (χ3n) is 3.17. The molecule has 1 aromatic carbocycles. The first kappa shape index (κ1) is 13.4. The maximum atomic E-state index is 11.9. The second kappa shape index (κ2) is 5.27. The molecule has 0 bridgehead atoms. The zero-order valence-electron chi connectivity index (χ0n) is 10.5. The van der Waals surface area contributed by atoms with Crippen molar-refractivity contribution in [3.63, 3.8) is 0 Å². The minimum Gasteiger partial charge on any atom is -0.496 e. The number of carbonyl (C=O) groups excluding carboxylic acids is 1. The van der Waals surface area contributed by atoms with Gasteiger partial charge in [0.15, 0.2) is 5.41 Å². The molecule has 0 aliphatic carbocycles. The van der Waals surface area contributed by atoms with Gasteiger partial charge >= 0.3 is 5.97 Å². The Bertz CT molecular complexity index is 496. The Morgan fingerprint density at radius 1 is 1.42 bits per heavy atom. The highest BCUT2D eigenvalue weighted by Crippen LogP contribution is 2.28. The largest absolute Gasteiger partial charge is 0.496 e. The van der Waals surface area contributed by atoms with Crippen LogP contribution < -0.4 is 10.1 Å². The monoisotopic (exact) mass is 265 g/mol. The molecule has 0 atom stereocenters. The molecule has 0 aromatic heterocycles. The molecule has 1 fully saturated rings. The van der Waals surface area contributed by atoms with Crippen molar-refractivity contribution in [3.8, 4) is 5.75 Å². The predicted molar refractivity (Wildman–Crippen MR) is 65.7 cm³/mol. The van der Waals surface area contributed by atoms with Gasteiger partial charge in [0.05, 0.1) is 20.3 Å². The van der Waals surface area contributed by atoms with Crippen LogP contribution in [0.1, 0.15) is 5.56 Å². The van der Waals surface area contributed by atoms with Crippen LogP contribution in [-0.4, -0.2) is 37.3 Å². The molecule has 0 spiro atoms. The Balaban J connectivity index is 2.02. The normalized spacial score (nSPS) is 16.3. The number of para-hydroxylation sites is 1. The van der Waals surface area contributed by atoms with E-state index in [1.165, 1.54) is 0 Å². The van der Waals surface area contributed by atoms with Crippen LogP contribution in [0.5, 0.6) is 5.75 Å². The molecule has 19 heavy (non-hydrogen) atoms. The van der Waals surface area contributed by atoms with Gasteiger partial charge in [-0.05, 0) is 6.07 Å². The molecule has 1 saturated heterocycles. The van der Waals surface area contributed by atoms with Crippen LogP contribution in [0.2, 0.25) is 0 Å². The Kier molecular flexibility index (Phi) is 3.71. The van der Waals surface area contributed by atoms with Crippen LogP contribution in [0.15, 0.2) is 24.3 Å². The lowest BCUT2D eigenvalue weighted by molar-refractivity contribution is -0.185. The lowest BCUT2D eigenvalue weighted by Gasteiger charge is -2.35. The first-order valence-electron chi connectivity index (χ1n) is 5.81. The van der Waals surface area contributed by atoms with Gasteiger partial charge in [-0.2, -0.15) is 0 Å². The fraction of sp³-hybridized carbons (Fsp3) is 0.385. The van der Waals surface area contributed by atoms with Gasteiger partial charge in [0.25, 0.3) is 0 Å². The Hall–Kier alpha value is -2.08. The lowest BCUT2D eigenvalue weighted by atomic mass is 9.85. The van der Waals surface area contributed by atoms with Crippen LogP contribution in [0.4, 0.5) is 0 Å². The van der Waals surface area contributed by atoms with E-state index in [4.69, 9.17) is 14.6 Å². The van der Waals surface area contributed by atoms with Crippen LogP contribution in [0.3, 0.4) is 0 Å². The zero-order valence-corrected chi connectivity index (χ0v) is 10.5. The van der Waals surface area contributed by atoms with E-state index in [1.807, 2.05) is 18.2 Å². The van der Waals surface area contributed by atoms with E-state index in [1.54, 1.807) is 13.2 Å². The molecule has 1 aromatic rings. The highest BCUT2D eigenvalue weighted by atomic mass is 16.5. The number of methoxy groups -OCH3 is 1. The quantitative estimate of drug-likeness (QED) is 0.753. The summed E-state index contributed by atoms with van der Waals surface area (Å²) in [5.74, 6) is -1.04. The average Bonchev–Trinajstić information content (AvgIpc) is 2.34. The standard InChI is InChI=1S/C13H15NO5/c1-18-10-5-3-2-4-9(10)6-14-11(15)13(12(16)17)7-19-8-13/h2-5H,6-8H2,1H3,(H,14,15)(H,16,17). The first-order valence-corrected chi connectivity index (χ1v) is 5.81. The van der Waals surface area contributed by atoms with E-state index in [2.05, 4.69) is 5.32 Å². The van der Waals surface area contributed by atoms with Crippen molar-refractivity contribution in [1.29, 1.82) is 0 Å². The molecular formula is C13H15NO5. The number of hydrogen-bond donors (Lipinski definition) is 2. The van der Waals surface area contributed by atoms with Gasteiger partial charge in [0, 0.05) is 12.1 Å². The van der Waals surface area contributed by atoms with Crippen LogP contribution in [0, 0.1) is 5.41 Å². The van der Waals surface area contributed by atoms with Crippen molar-refractivity contribution in [2.45, 2.75) is 6.54 Å². The van der Waals surface area contributed by atoms with Gasteiger partial charge in [0.1, 0.15) is 5.75 Å². The molecule has 0 unspecified atom stereocenters. The molecular weight excluding hydrogens is 250 g/mol. The summed E-state index contributed by atoms with van der Waals surface area (Å²) in [4.78, 5) is 23.1. The number of carbonyl (C=O) groups is 2. The van der Waals surface area contributed by atoms with E-state index in [9.17, 15) is 9.59 Å². The number of hydrogen-bond acceptors (Lipinski definition) is 4. The number of carboxylic acids is 1. The second-order valence-corrected chi connectivity index (χ2v) is 4.37. The second-order valence-electron chi connectivity index (χ2n) is 4.37. The summed E-state index contributed by atoms with van der Waals surface area (Å²) in [5.41, 5.74) is -0.652. The third kappa shape index (κ3) is 2.39. The molecule has 6 nitrogen and oxygen atoms in total. The predicted octanol–water partition coefficient (Wildman–Crippen LogP) is 0.413. The molecule has 102 valence electrons. The molecule has 1 amide bonds. The number of ether oxygens (including phenoxy) is 2. The summed E-state index contributed by atoms with van der Waals surface area (Å²) < 4.78 is 10.0. The lowest BCUT2D eigenvalue weighted by Crippen LogP contribution is -2.58. The van der Waals surface area contributed by atoms with E-state index in [0.717, 1.165) is 5.56 Å². The summed E-state index contributed by atoms with van der Waals surface area (Å²) in [6.45, 7) is 0.0536. The minimum atomic E-state index is -1.44. The molecule has 6 heteroatoms. The Morgan fingerprint density at radius 3 is 2.63 bits per heavy atom. The van der Waals surface area contributed by atoms with E-state index in [0.29, 0.717) is 5.75 Å². The number of aliphatic carboxylic acids is 1. The highest BCUT2D eigenvalue weighted by Gasteiger charge is 2.53. The zero-order chi connectivity index (χ0) is 13.9. The van der Waals surface area contributed by atoms with Crippen LogP contribution in [0.25, 0.3) is 0 Å². The van der Waals surface area contributed by atoms with Gasteiger partial charge in [-0.3, -0.25) is 9.59 Å². The molecule has 2 N–H and O–H groups in total. The van der Waals surface area contributed by atoms with Crippen LogP contribution in [-0.2, 0) is 20.9 Å². The summed E-state index contributed by atoms with van der Waals surface area (Å²) in [6.07, 6.45) is 0. The van der Waals surface area contributed by atoms with Crippen molar-refractivity contribution < 1.29 is 24.2 Å². The molecule has 0 saturated carbocycles. The van der Waals surface area contributed by atoms with Gasteiger partial charge in [-0.15, -0.1) is 0 Å². The van der Waals surface area contributed by atoms with Crippen molar-refractivity contribution >= 4 is 11.9 Å². The highest BCUT2D eigenvalue weighted by molar-refractivity contribution is 6.03. The van der Waals surface area contributed by atoms with E-state index in [-0.39, 0.29) is 19.8 Å². The van der Waals surface area contributed by atoms with Crippen molar-refractivity contribution in [2.75, 3.05) is 20.3 Å². The van der Waals surface area contributed by atoms with Gasteiger partial charge in [0.2, 0.25) is 5.91 Å². The molecule has 1 aliphatic rings. The molecule has 0 radical (unpaired) electrons. The Morgan fingerprint density at radius 2 is 2.11 bits per heavy atom. The molecule has 1 aliphatic heterocycles. The maximum Gasteiger partial charge on any atom is 0.324 e. The molecule has 1 heterocycles. The smallest absolute Gasteiger partial charge is 0.324 e. The summed E-state index contributed by atoms with van der Waals surface area (Å²) in [6, 6.07) is 7.23. The van der Waals surface area contributed by atoms with Gasteiger partial charge < -0.3 is 19.9 Å². The number of nitrogens with one attached hydrogen (secondary N) is 1. The van der Waals surface area contributed by atoms with Crippen LogP contribution >= 0.6 is 0 Å². The number of amides is 1. The summed E-state index contributed by atoms with van der Waals surface area (Å²) >= 11 is 0. The van der Waals surface area contributed by atoms with Gasteiger partial charge in [-0.1, -0.05) is 18.2 Å². The number of rotatable bonds is 5. The summed E-state index contributed by atoms with van der Waals surface area (Å²) in [7, 11) is 1.54. The minimum absolute atomic E-state index is 0.0832. The fourth-order valence-corrected chi connectivity index (χ4v) is 1.85. The Labute approximate surface area is 110 Å². The van der Waals surface area contributed by atoms with E-state index < -0.39 is 17.3 Å². The van der Waals surface area contributed by atoms with Crippen molar-refractivity contribution in [2.24, 2.45) is 5.41 Å². The maximum absolute atomic E-state index is 11.9. The fourth-order valence-electron chi connectivity index (χ4n) is 1.85. The van der Waals surface area contributed by atoms with E-state index >= 15 is 0 Å². The third-order valence-corrected chi connectivity index (χ3v) is 3.17. The van der Waals surface area contributed by atoms with Crippen molar-refractivity contribution in [3.05, 3.63) is 29.8 Å². The average molecular weight is 265 g/mol. The summed E-state index contributed by atoms with van der Waals surface area (Å²) in [5, 5.41) is 11.7. The number of benzene rings is 1.